The Hall–Kier alpha value is -1.90. The average Bonchev–Trinajstić information content (AvgIpc) is 2.27. The maximum atomic E-state index is 5.65. The first-order valence-electron chi connectivity index (χ1n) is 5.67. The van der Waals surface area contributed by atoms with Crippen LogP contribution >= 0.6 is 0 Å². The number of nitrogens with zero attached hydrogens (tertiary/aromatic N) is 2. The Labute approximate surface area is 102 Å². The molecule has 17 heavy (non-hydrogen) atoms. The highest BCUT2D eigenvalue weighted by atomic mass is 15.0. The van der Waals surface area contributed by atoms with E-state index in [9.17, 15) is 0 Å². The predicted molar refractivity (Wildman–Crippen MR) is 70.8 cm³/mol. The van der Waals surface area contributed by atoms with E-state index in [1.54, 1.807) is 6.20 Å². The van der Waals surface area contributed by atoms with Gasteiger partial charge in [0.1, 0.15) is 0 Å². The van der Waals surface area contributed by atoms with Gasteiger partial charge in [-0.15, -0.1) is 0 Å². The molecule has 0 aliphatic rings. The smallest absolute Gasteiger partial charge is 0.220 e. The molecule has 0 bridgehead atoms. The minimum atomic E-state index is 0.320. The summed E-state index contributed by atoms with van der Waals surface area (Å²) in [6.45, 7) is 8.48. The summed E-state index contributed by atoms with van der Waals surface area (Å²) in [6, 6.07) is 4.11. The summed E-state index contributed by atoms with van der Waals surface area (Å²) in [5.41, 5.74) is 12.8. The first kappa shape index (κ1) is 11.6. The molecule has 88 valence electrons. The molecule has 0 radical (unpaired) electrons. The molecule has 2 aromatic rings. The highest BCUT2D eigenvalue weighted by molar-refractivity contribution is 5.70. The number of rotatable bonds is 1. The summed E-state index contributed by atoms with van der Waals surface area (Å²) >= 11 is 0. The zero-order valence-corrected chi connectivity index (χ0v) is 10.7. The van der Waals surface area contributed by atoms with Crippen molar-refractivity contribution in [2.75, 3.05) is 5.73 Å². The van der Waals surface area contributed by atoms with E-state index in [1.807, 2.05) is 6.07 Å². The van der Waals surface area contributed by atoms with Crippen LogP contribution in [0, 0.1) is 27.7 Å². The molecule has 2 N–H and O–H groups in total. The van der Waals surface area contributed by atoms with Crippen molar-refractivity contribution in [1.82, 2.24) is 9.97 Å². The normalized spacial score (nSPS) is 10.6. The molecular formula is C14H17N3. The van der Waals surface area contributed by atoms with Crippen LogP contribution in [-0.2, 0) is 0 Å². The molecule has 1 heterocycles. The highest BCUT2D eigenvalue weighted by Crippen LogP contribution is 2.30. The number of nitrogens with two attached hydrogens (primary N) is 1. The number of aromatic nitrogens is 2. The molecule has 3 nitrogen and oxygen atoms in total. The van der Waals surface area contributed by atoms with E-state index >= 15 is 0 Å². The van der Waals surface area contributed by atoms with Crippen molar-refractivity contribution in [3.63, 3.8) is 0 Å². The Morgan fingerprint density at radius 3 is 2.12 bits per heavy atom. The van der Waals surface area contributed by atoms with Crippen LogP contribution in [-0.4, -0.2) is 9.97 Å². The lowest BCUT2D eigenvalue weighted by molar-refractivity contribution is 1.16. The van der Waals surface area contributed by atoms with Gasteiger partial charge in [0.25, 0.3) is 0 Å². The third-order valence-corrected chi connectivity index (χ3v) is 3.30. The van der Waals surface area contributed by atoms with Gasteiger partial charge in [0.15, 0.2) is 0 Å². The number of aryl methyl sites for hydroxylation is 2. The van der Waals surface area contributed by atoms with Gasteiger partial charge in [0.2, 0.25) is 5.95 Å². The van der Waals surface area contributed by atoms with Crippen LogP contribution in [0.2, 0.25) is 0 Å². The van der Waals surface area contributed by atoms with Crippen molar-refractivity contribution in [2.45, 2.75) is 27.7 Å². The maximum absolute atomic E-state index is 5.65. The van der Waals surface area contributed by atoms with Gasteiger partial charge in [-0.25, -0.2) is 9.97 Å². The first-order valence-corrected chi connectivity index (χ1v) is 5.67. The lowest BCUT2D eigenvalue weighted by atomic mass is 9.92. The van der Waals surface area contributed by atoms with Crippen LogP contribution in [0.1, 0.15) is 22.3 Å². The lowest BCUT2D eigenvalue weighted by Crippen LogP contribution is -2.00. The first-order chi connectivity index (χ1) is 8.00. The van der Waals surface area contributed by atoms with E-state index in [2.05, 4.69) is 43.7 Å². The quantitative estimate of drug-likeness (QED) is 0.814. The zero-order chi connectivity index (χ0) is 12.6. The summed E-state index contributed by atoms with van der Waals surface area (Å²) in [5.74, 6) is 0.320. The minimum Gasteiger partial charge on any atom is -0.368 e. The Kier molecular flexibility index (Phi) is 2.84. The molecule has 0 aliphatic heterocycles. The summed E-state index contributed by atoms with van der Waals surface area (Å²) in [7, 11) is 0. The third-order valence-electron chi connectivity index (χ3n) is 3.30. The van der Waals surface area contributed by atoms with Crippen molar-refractivity contribution >= 4 is 5.95 Å². The summed E-state index contributed by atoms with van der Waals surface area (Å²) < 4.78 is 0. The topological polar surface area (TPSA) is 51.8 Å². The van der Waals surface area contributed by atoms with Crippen molar-refractivity contribution < 1.29 is 0 Å². The largest absolute Gasteiger partial charge is 0.368 e. The highest BCUT2D eigenvalue weighted by Gasteiger charge is 2.11. The molecule has 1 aromatic carbocycles. The molecule has 0 amide bonds. The van der Waals surface area contributed by atoms with Crippen molar-refractivity contribution in [2.24, 2.45) is 0 Å². The molecule has 0 unspecified atom stereocenters. The number of nitrogen functional groups attached to an aromatic ring is 1. The van der Waals surface area contributed by atoms with Gasteiger partial charge in [0.05, 0.1) is 5.69 Å². The van der Waals surface area contributed by atoms with Crippen LogP contribution in [0.25, 0.3) is 11.3 Å². The Morgan fingerprint density at radius 2 is 1.59 bits per heavy atom. The molecule has 0 saturated heterocycles. The molecule has 0 aliphatic carbocycles. The van der Waals surface area contributed by atoms with E-state index in [4.69, 9.17) is 5.73 Å². The summed E-state index contributed by atoms with van der Waals surface area (Å²) in [5, 5.41) is 0. The Bertz CT molecular complexity index is 548. The molecule has 0 fully saturated rings. The van der Waals surface area contributed by atoms with E-state index < -0.39 is 0 Å². The lowest BCUT2D eigenvalue weighted by Gasteiger charge is -2.14. The van der Waals surface area contributed by atoms with Crippen LogP contribution in [0.15, 0.2) is 18.3 Å². The standard InChI is InChI=1S/C14H17N3/c1-8-7-9(2)11(4)13(10(8)3)12-5-6-16-14(15)17-12/h5-7H,1-4H3,(H2,15,16,17). The Morgan fingerprint density at radius 1 is 1.00 bits per heavy atom. The monoisotopic (exact) mass is 227 g/mol. The molecule has 0 spiro atoms. The van der Waals surface area contributed by atoms with Gasteiger partial charge in [-0.05, 0) is 56.0 Å². The second-order valence-electron chi connectivity index (χ2n) is 4.44. The SMILES string of the molecule is Cc1cc(C)c(C)c(-c2ccnc(N)n2)c1C. The number of benzene rings is 1. The summed E-state index contributed by atoms with van der Waals surface area (Å²) in [4.78, 5) is 8.25. The average molecular weight is 227 g/mol. The number of hydrogen-bond acceptors (Lipinski definition) is 3. The maximum Gasteiger partial charge on any atom is 0.220 e. The molecule has 0 saturated carbocycles. The molecular weight excluding hydrogens is 210 g/mol. The number of anilines is 1. The van der Waals surface area contributed by atoms with E-state index in [1.165, 1.54) is 27.8 Å². The zero-order valence-electron chi connectivity index (χ0n) is 10.7. The Balaban J connectivity index is 2.75. The second kappa shape index (κ2) is 4.17. The van der Waals surface area contributed by atoms with E-state index in [-0.39, 0.29) is 0 Å². The van der Waals surface area contributed by atoms with E-state index in [0.29, 0.717) is 5.95 Å². The third kappa shape index (κ3) is 2.00. The fourth-order valence-electron chi connectivity index (χ4n) is 2.11. The van der Waals surface area contributed by atoms with Gasteiger partial charge in [-0.2, -0.15) is 0 Å². The van der Waals surface area contributed by atoms with Gasteiger partial charge in [-0.3, -0.25) is 0 Å². The van der Waals surface area contributed by atoms with Gasteiger partial charge >= 0.3 is 0 Å². The van der Waals surface area contributed by atoms with Gasteiger partial charge in [0, 0.05) is 11.8 Å². The molecule has 1 aromatic heterocycles. The fraction of sp³-hybridized carbons (Fsp3) is 0.286. The minimum absolute atomic E-state index is 0.320. The van der Waals surface area contributed by atoms with E-state index in [0.717, 1.165) is 5.69 Å². The van der Waals surface area contributed by atoms with Crippen molar-refractivity contribution in [3.05, 3.63) is 40.6 Å². The van der Waals surface area contributed by atoms with Crippen molar-refractivity contribution in [1.29, 1.82) is 0 Å². The summed E-state index contributed by atoms with van der Waals surface area (Å²) in [6.07, 6.45) is 1.70. The number of hydrogen-bond donors (Lipinski definition) is 1. The van der Waals surface area contributed by atoms with Crippen LogP contribution in [0.3, 0.4) is 0 Å². The fourth-order valence-corrected chi connectivity index (χ4v) is 2.11. The molecule has 3 heteroatoms. The second-order valence-corrected chi connectivity index (χ2v) is 4.44. The predicted octanol–water partition coefficient (Wildman–Crippen LogP) is 2.96. The van der Waals surface area contributed by atoms with Crippen LogP contribution in [0.4, 0.5) is 5.95 Å². The van der Waals surface area contributed by atoms with Crippen molar-refractivity contribution in [3.8, 4) is 11.3 Å². The molecule has 0 atom stereocenters. The van der Waals surface area contributed by atoms with Gasteiger partial charge < -0.3 is 5.73 Å². The van der Waals surface area contributed by atoms with Crippen LogP contribution in [0.5, 0.6) is 0 Å². The molecule has 2 rings (SSSR count). The van der Waals surface area contributed by atoms with Crippen LogP contribution < -0.4 is 5.73 Å². The van der Waals surface area contributed by atoms with Gasteiger partial charge in [-0.1, -0.05) is 6.07 Å².